The highest BCUT2D eigenvalue weighted by molar-refractivity contribution is 5.66. The maximum absolute atomic E-state index is 12.7. The first-order valence-corrected chi connectivity index (χ1v) is 8.54. The molecule has 0 saturated heterocycles. The van der Waals surface area contributed by atoms with Crippen LogP contribution < -0.4 is 10.3 Å². The van der Waals surface area contributed by atoms with Gasteiger partial charge in [-0.15, -0.1) is 0 Å². The van der Waals surface area contributed by atoms with Gasteiger partial charge in [0.1, 0.15) is 11.6 Å². The van der Waals surface area contributed by atoms with Crippen LogP contribution in [0.5, 0.6) is 5.75 Å². The highest BCUT2D eigenvalue weighted by Gasteiger charge is 2.17. The largest absolute Gasteiger partial charge is 0.497 e. The Morgan fingerprint density at radius 3 is 2.20 bits per heavy atom. The predicted molar refractivity (Wildman–Crippen MR) is 101 cm³/mol. The van der Waals surface area contributed by atoms with E-state index in [1.165, 1.54) is 0 Å². The Morgan fingerprint density at radius 1 is 0.960 bits per heavy atom. The summed E-state index contributed by atoms with van der Waals surface area (Å²) in [6, 6.07) is 17.6. The van der Waals surface area contributed by atoms with Gasteiger partial charge in [0.25, 0.3) is 5.56 Å². The van der Waals surface area contributed by atoms with Crippen molar-refractivity contribution in [2.75, 3.05) is 7.11 Å². The van der Waals surface area contributed by atoms with Crippen molar-refractivity contribution in [1.82, 2.24) is 9.55 Å². The van der Waals surface area contributed by atoms with Crippen LogP contribution in [0.2, 0.25) is 0 Å². The van der Waals surface area contributed by atoms with E-state index in [1.807, 2.05) is 61.5 Å². The van der Waals surface area contributed by atoms with Crippen LogP contribution in [0.4, 0.5) is 0 Å². The summed E-state index contributed by atoms with van der Waals surface area (Å²) in [6.45, 7) is 4.09. The number of methoxy groups -OCH3 is 1. The van der Waals surface area contributed by atoms with E-state index in [0.717, 1.165) is 34.9 Å². The second-order valence-electron chi connectivity index (χ2n) is 5.76. The quantitative estimate of drug-likeness (QED) is 0.707. The van der Waals surface area contributed by atoms with Gasteiger partial charge in [0.2, 0.25) is 0 Å². The van der Waals surface area contributed by atoms with Gasteiger partial charge in [-0.1, -0.05) is 44.2 Å². The Balaban J connectivity index is 2.31. The minimum atomic E-state index is -0.162. The molecule has 0 spiro atoms. The minimum absolute atomic E-state index is 0.162. The van der Waals surface area contributed by atoms with Crippen LogP contribution in [0.25, 0.3) is 16.8 Å². The summed E-state index contributed by atoms with van der Waals surface area (Å²) in [4.78, 5) is 17.1. The Kier molecular flexibility index (Phi) is 4.98. The third-order valence-corrected chi connectivity index (χ3v) is 4.31. The Morgan fingerprint density at radius 2 is 1.64 bits per heavy atom. The molecule has 0 saturated carbocycles. The number of benzene rings is 2. The molecule has 0 unspecified atom stereocenters. The highest BCUT2D eigenvalue weighted by atomic mass is 16.5. The minimum Gasteiger partial charge on any atom is -0.497 e. The van der Waals surface area contributed by atoms with Gasteiger partial charge < -0.3 is 9.30 Å². The number of hydrogen-bond acceptors (Lipinski definition) is 3. The van der Waals surface area contributed by atoms with Crippen molar-refractivity contribution in [2.24, 2.45) is 0 Å². The smallest absolute Gasteiger partial charge is 0.281 e. The summed E-state index contributed by atoms with van der Waals surface area (Å²) in [6.07, 6.45) is 1.42. The van der Waals surface area contributed by atoms with Crippen LogP contribution in [0, 0.1) is 0 Å². The predicted octanol–water partition coefficient (Wildman–Crippen LogP) is 4.03. The molecule has 0 fully saturated rings. The second kappa shape index (κ2) is 7.34. The zero-order valence-electron chi connectivity index (χ0n) is 14.8. The van der Waals surface area contributed by atoms with Crippen molar-refractivity contribution in [2.45, 2.75) is 26.7 Å². The van der Waals surface area contributed by atoms with E-state index in [9.17, 15) is 4.79 Å². The van der Waals surface area contributed by atoms with Crippen molar-refractivity contribution in [3.63, 3.8) is 0 Å². The normalized spacial score (nSPS) is 10.7. The average molecular weight is 334 g/mol. The van der Waals surface area contributed by atoms with Crippen molar-refractivity contribution in [3.8, 4) is 22.6 Å². The molecular weight excluding hydrogens is 312 g/mol. The molecule has 0 radical (unpaired) electrons. The van der Waals surface area contributed by atoms with Crippen LogP contribution in [-0.2, 0) is 12.8 Å². The molecule has 0 amide bonds. The van der Waals surface area contributed by atoms with Crippen LogP contribution in [0.1, 0.15) is 25.4 Å². The first-order valence-electron chi connectivity index (χ1n) is 8.54. The van der Waals surface area contributed by atoms with E-state index < -0.39 is 0 Å². The van der Waals surface area contributed by atoms with Gasteiger partial charge in [-0.2, -0.15) is 4.98 Å². The lowest BCUT2D eigenvalue weighted by molar-refractivity contribution is 0.414. The molecule has 3 rings (SSSR count). The molecule has 0 N–H and O–H groups in total. The van der Waals surface area contributed by atoms with Gasteiger partial charge in [0, 0.05) is 17.8 Å². The van der Waals surface area contributed by atoms with E-state index in [0.29, 0.717) is 12.0 Å². The molecule has 4 nitrogen and oxygen atoms in total. The van der Waals surface area contributed by atoms with E-state index in [4.69, 9.17) is 4.74 Å². The number of hydrogen-bond donors (Lipinski definition) is 0. The number of ether oxygens (including phenoxy) is 1. The fourth-order valence-electron chi connectivity index (χ4n) is 3.12. The van der Waals surface area contributed by atoms with Crippen molar-refractivity contribution < 1.29 is 4.74 Å². The van der Waals surface area contributed by atoms with Gasteiger partial charge in [-0.3, -0.25) is 4.79 Å². The molecule has 0 aliphatic rings. The molecule has 2 aromatic carbocycles. The van der Waals surface area contributed by atoms with Crippen molar-refractivity contribution in [1.29, 1.82) is 0 Å². The lowest BCUT2D eigenvalue weighted by Crippen LogP contribution is -2.23. The maximum atomic E-state index is 12.7. The fourth-order valence-corrected chi connectivity index (χ4v) is 3.12. The molecule has 0 aliphatic heterocycles. The molecule has 0 atom stereocenters. The standard InChI is InChI=1S/C21H22N2O2/c1-4-18-20(15-9-7-6-8-10-15)21(24)22-19(5-2)23(18)16-11-13-17(25-3)14-12-16/h6-14H,4-5H2,1-3H3. The van der Waals surface area contributed by atoms with E-state index in [1.54, 1.807) is 7.11 Å². The van der Waals surface area contributed by atoms with Crippen LogP contribution in [-0.4, -0.2) is 16.7 Å². The number of aryl methyl sites for hydroxylation is 1. The first kappa shape index (κ1) is 17.0. The maximum Gasteiger partial charge on any atom is 0.281 e. The van der Waals surface area contributed by atoms with Gasteiger partial charge in [0.05, 0.1) is 12.7 Å². The summed E-state index contributed by atoms with van der Waals surface area (Å²) in [5, 5.41) is 0. The Bertz CT molecular complexity index is 913. The van der Waals surface area contributed by atoms with Gasteiger partial charge in [0.15, 0.2) is 0 Å². The summed E-state index contributed by atoms with van der Waals surface area (Å²) in [7, 11) is 1.65. The van der Waals surface area contributed by atoms with Crippen molar-refractivity contribution in [3.05, 3.63) is 76.5 Å². The number of aromatic nitrogens is 2. The monoisotopic (exact) mass is 334 g/mol. The molecule has 0 aliphatic carbocycles. The second-order valence-corrected chi connectivity index (χ2v) is 5.76. The number of rotatable bonds is 5. The highest BCUT2D eigenvalue weighted by Crippen LogP contribution is 2.25. The molecule has 3 aromatic rings. The lowest BCUT2D eigenvalue weighted by atomic mass is 10.0. The molecule has 1 aromatic heterocycles. The summed E-state index contributed by atoms with van der Waals surface area (Å²) in [5.74, 6) is 1.57. The van der Waals surface area contributed by atoms with Gasteiger partial charge >= 0.3 is 0 Å². The number of nitrogens with zero attached hydrogens (tertiary/aromatic N) is 2. The first-order chi connectivity index (χ1) is 12.2. The van der Waals surface area contributed by atoms with Crippen LogP contribution >= 0.6 is 0 Å². The van der Waals surface area contributed by atoms with Gasteiger partial charge in [-0.05, 0) is 36.2 Å². The fraction of sp³-hybridized carbons (Fsp3) is 0.238. The Labute approximate surface area is 147 Å². The average Bonchev–Trinajstić information content (AvgIpc) is 2.67. The molecule has 128 valence electrons. The topological polar surface area (TPSA) is 44.1 Å². The van der Waals surface area contributed by atoms with Crippen LogP contribution in [0.15, 0.2) is 59.4 Å². The zero-order chi connectivity index (χ0) is 17.8. The van der Waals surface area contributed by atoms with E-state index in [2.05, 4.69) is 16.5 Å². The summed E-state index contributed by atoms with van der Waals surface area (Å²) >= 11 is 0. The SMILES string of the molecule is CCc1nc(=O)c(-c2ccccc2)c(CC)n1-c1ccc(OC)cc1. The third-order valence-electron chi connectivity index (χ3n) is 4.31. The third kappa shape index (κ3) is 3.20. The van der Waals surface area contributed by atoms with E-state index >= 15 is 0 Å². The molecule has 0 bridgehead atoms. The van der Waals surface area contributed by atoms with Gasteiger partial charge in [-0.25, -0.2) is 0 Å². The Hall–Kier alpha value is -2.88. The van der Waals surface area contributed by atoms with Crippen LogP contribution in [0.3, 0.4) is 0 Å². The zero-order valence-corrected chi connectivity index (χ0v) is 14.8. The molecular formula is C21H22N2O2. The van der Waals surface area contributed by atoms with Crippen molar-refractivity contribution >= 4 is 0 Å². The summed E-state index contributed by atoms with van der Waals surface area (Å²) < 4.78 is 7.36. The molecule has 1 heterocycles. The lowest BCUT2D eigenvalue weighted by Gasteiger charge is -2.20. The molecule has 4 heteroatoms. The summed E-state index contributed by atoms with van der Waals surface area (Å²) in [5.41, 5.74) is 3.38. The van der Waals surface area contributed by atoms with E-state index in [-0.39, 0.29) is 5.56 Å². The molecule has 25 heavy (non-hydrogen) atoms.